The van der Waals surface area contributed by atoms with Crippen molar-refractivity contribution in [3.05, 3.63) is 65.2 Å². The predicted octanol–water partition coefficient (Wildman–Crippen LogP) is 5.73. The van der Waals surface area contributed by atoms with Gasteiger partial charge in [0.1, 0.15) is 0 Å². The molecule has 0 aliphatic heterocycles. The van der Waals surface area contributed by atoms with Crippen LogP contribution in [0.4, 0.5) is 5.69 Å². The van der Waals surface area contributed by atoms with Crippen LogP contribution < -0.4 is 5.32 Å². The molecule has 0 unspecified atom stereocenters. The van der Waals surface area contributed by atoms with E-state index in [1.165, 1.54) is 43.2 Å². The van der Waals surface area contributed by atoms with Crippen LogP contribution in [-0.2, 0) is 0 Å². The number of carbonyl (C=O) groups excluding carboxylic acids is 1. The van der Waals surface area contributed by atoms with E-state index in [9.17, 15) is 4.79 Å². The molecule has 0 aromatic heterocycles. The zero-order valence-corrected chi connectivity index (χ0v) is 14.6. The van der Waals surface area contributed by atoms with Gasteiger partial charge in [-0.05, 0) is 43.4 Å². The fourth-order valence-corrected chi connectivity index (χ4v) is 3.51. The van der Waals surface area contributed by atoms with Crippen LogP contribution in [0.5, 0.6) is 0 Å². The predicted molar refractivity (Wildman–Crippen MR) is 101 cm³/mol. The Kier molecular flexibility index (Phi) is 5.68. The van der Waals surface area contributed by atoms with Crippen molar-refractivity contribution < 1.29 is 4.79 Å². The van der Waals surface area contributed by atoms with E-state index >= 15 is 0 Å². The Morgan fingerprint density at radius 1 is 0.958 bits per heavy atom. The highest BCUT2D eigenvalue weighted by molar-refractivity contribution is 5.96. The lowest BCUT2D eigenvalue weighted by Crippen LogP contribution is -2.09. The van der Waals surface area contributed by atoms with Crippen LogP contribution >= 0.6 is 0 Å². The number of carbonyl (C=O) groups is 1. The zero-order valence-electron chi connectivity index (χ0n) is 14.6. The SMILES string of the molecule is Cc1ccc(C(=O)CCNc2ccc(C3CCCCC3)cc2)cc1. The molecule has 1 N–H and O–H groups in total. The van der Waals surface area contributed by atoms with E-state index in [4.69, 9.17) is 0 Å². The summed E-state index contributed by atoms with van der Waals surface area (Å²) in [6, 6.07) is 16.6. The summed E-state index contributed by atoms with van der Waals surface area (Å²) in [7, 11) is 0. The first-order valence-electron chi connectivity index (χ1n) is 9.16. The molecule has 0 amide bonds. The molecule has 1 aliphatic carbocycles. The average Bonchev–Trinajstić information content (AvgIpc) is 2.63. The summed E-state index contributed by atoms with van der Waals surface area (Å²) in [5, 5.41) is 3.37. The van der Waals surface area contributed by atoms with Gasteiger partial charge in [-0.3, -0.25) is 4.79 Å². The van der Waals surface area contributed by atoms with Crippen LogP contribution in [0.1, 0.15) is 65.9 Å². The highest BCUT2D eigenvalue weighted by Crippen LogP contribution is 2.32. The van der Waals surface area contributed by atoms with Gasteiger partial charge in [0, 0.05) is 24.2 Å². The number of anilines is 1. The molecule has 1 aliphatic rings. The summed E-state index contributed by atoms with van der Waals surface area (Å²) in [5.41, 5.74) is 4.56. The van der Waals surface area contributed by atoms with Crippen molar-refractivity contribution in [2.75, 3.05) is 11.9 Å². The molecule has 24 heavy (non-hydrogen) atoms. The fourth-order valence-electron chi connectivity index (χ4n) is 3.51. The second kappa shape index (κ2) is 8.14. The Bertz CT molecular complexity index is 651. The maximum atomic E-state index is 12.2. The molecule has 0 atom stereocenters. The Hall–Kier alpha value is -2.09. The number of aryl methyl sites for hydroxylation is 1. The van der Waals surface area contributed by atoms with Crippen molar-refractivity contribution >= 4 is 11.5 Å². The molecular weight excluding hydrogens is 294 g/mol. The standard InChI is InChI=1S/C22H27NO/c1-17-7-9-20(10-8-17)22(24)15-16-23-21-13-11-19(12-14-21)18-5-3-2-4-6-18/h7-14,18,23H,2-6,15-16H2,1H3. The fraction of sp³-hybridized carbons (Fsp3) is 0.409. The van der Waals surface area contributed by atoms with E-state index in [1.807, 2.05) is 31.2 Å². The molecule has 0 radical (unpaired) electrons. The van der Waals surface area contributed by atoms with Crippen molar-refractivity contribution in [3.63, 3.8) is 0 Å². The number of benzene rings is 2. The molecule has 126 valence electrons. The molecule has 2 heteroatoms. The topological polar surface area (TPSA) is 29.1 Å². The molecule has 3 rings (SSSR count). The van der Waals surface area contributed by atoms with Crippen LogP contribution in [0.25, 0.3) is 0 Å². The van der Waals surface area contributed by atoms with Gasteiger partial charge >= 0.3 is 0 Å². The van der Waals surface area contributed by atoms with Gasteiger partial charge in [0.2, 0.25) is 0 Å². The van der Waals surface area contributed by atoms with E-state index in [-0.39, 0.29) is 5.78 Å². The molecule has 1 fully saturated rings. The van der Waals surface area contributed by atoms with E-state index in [0.29, 0.717) is 13.0 Å². The molecule has 2 aromatic rings. The van der Waals surface area contributed by atoms with E-state index in [1.54, 1.807) is 0 Å². The third-order valence-corrected chi connectivity index (χ3v) is 5.04. The van der Waals surface area contributed by atoms with Crippen molar-refractivity contribution in [2.45, 2.75) is 51.4 Å². The summed E-state index contributed by atoms with van der Waals surface area (Å²) < 4.78 is 0. The molecule has 0 saturated heterocycles. The quantitative estimate of drug-likeness (QED) is 0.689. The van der Waals surface area contributed by atoms with Gasteiger partial charge in [0.05, 0.1) is 0 Å². The van der Waals surface area contributed by atoms with Crippen molar-refractivity contribution in [1.82, 2.24) is 0 Å². The van der Waals surface area contributed by atoms with Gasteiger partial charge in [0.15, 0.2) is 5.78 Å². The number of hydrogen-bond donors (Lipinski definition) is 1. The second-order valence-corrected chi connectivity index (χ2v) is 6.92. The van der Waals surface area contributed by atoms with Gasteiger partial charge in [-0.1, -0.05) is 61.2 Å². The van der Waals surface area contributed by atoms with Gasteiger partial charge in [-0.15, -0.1) is 0 Å². The monoisotopic (exact) mass is 321 g/mol. The van der Waals surface area contributed by atoms with Crippen LogP contribution in [0.3, 0.4) is 0 Å². The molecule has 0 bridgehead atoms. The Labute approximate surface area is 145 Å². The highest BCUT2D eigenvalue weighted by Gasteiger charge is 2.15. The van der Waals surface area contributed by atoms with Gasteiger partial charge in [0.25, 0.3) is 0 Å². The second-order valence-electron chi connectivity index (χ2n) is 6.92. The highest BCUT2D eigenvalue weighted by atomic mass is 16.1. The number of rotatable bonds is 6. The Morgan fingerprint density at radius 3 is 2.29 bits per heavy atom. The number of nitrogens with one attached hydrogen (secondary N) is 1. The molecule has 2 nitrogen and oxygen atoms in total. The smallest absolute Gasteiger partial charge is 0.164 e. The lowest BCUT2D eigenvalue weighted by molar-refractivity contribution is 0.0986. The normalized spacial score (nSPS) is 15.2. The van der Waals surface area contributed by atoms with Gasteiger partial charge < -0.3 is 5.32 Å². The third-order valence-electron chi connectivity index (χ3n) is 5.04. The largest absolute Gasteiger partial charge is 0.385 e. The van der Waals surface area contributed by atoms with Crippen LogP contribution in [0, 0.1) is 6.92 Å². The number of ketones is 1. The molecule has 0 spiro atoms. The summed E-state index contributed by atoms with van der Waals surface area (Å²) in [5.74, 6) is 0.942. The molecule has 0 heterocycles. The van der Waals surface area contributed by atoms with Crippen molar-refractivity contribution in [3.8, 4) is 0 Å². The number of Topliss-reactive ketones (excluding diaryl/α,β-unsaturated/α-hetero) is 1. The maximum absolute atomic E-state index is 12.2. The first-order chi connectivity index (χ1) is 11.7. The van der Waals surface area contributed by atoms with Crippen molar-refractivity contribution in [1.29, 1.82) is 0 Å². The zero-order chi connectivity index (χ0) is 16.8. The minimum atomic E-state index is 0.196. The third kappa shape index (κ3) is 4.47. The summed E-state index contributed by atoms with van der Waals surface area (Å²) in [6.07, 6.45) is 7.31. The summed E-state index contributed by atoms with van der Waals surface area (Å²) in [6.45, 7) is 2.71. The van der Waals surface area contributed by atoms with Crippen LogP contribution in [0.15, 0.2) is 48.5 Å². The minimum Gasteiger partial charge on any atom is -0.385 e. The first kappa shape index (κ1) is 16.8. The lowest BCUT2D eigenvalue weighted by Gasteiger charge is -2.22. The van der Waals surface area contributed by atoms with E-state index in [0.717, 1.165) is 17.2 Å². The molecular formula is C22H27NO. The van der Waals surface area contributed by atoms with E-state index in [2.05, 4.69) is 29.6 Å². The number of hydrogen-bond acceptors (Lipinski definition) is 2. The van der Waals surface area contributed by atoms with Crippen molar-refractivity contribution in [2.24, 2.45) is 0 Å². The Balaban J connectivity index is 1.48. The van der Waals surface area contributed by atoms with E-state index < -0.39 is 0 Å². The van der Waals surface area contributed by atoms with Crippen LogP contribution in [0.2, 0.25) is 0 Å². The molecule has 1 saturated carbocycles. The lowest BCUT2D eigenvalue weighted by atomic mass is 9.84. The van der Waals surface area contributed by atoms with Gasteiger partial charge in [-0.25, -0.2) is 0 Å². The summed E-state index contributed by atoms with van der Waals surface area (Å²) >= 11 is 0. The minimum absolute atomic E-state index is 0.196. The summed E-state index contributed by atoms with van der Waals surface area (Å²) in [4.78, 5) is 12.2. The first-order valence-corrected chi connectivity index (χ1v) is 9.16. The molecule has 2 aromatic carbocycles. The maximum Gasteiger partial charge on any atom is 0.164 e. The average molecular weight is 321 g/mol. The Morgan fingerprint density at radius 2 is 1.62 bits per heavy atom. The van der Waals surface area contributed by atoms with Crippen LogP contribution in [-0.4, -0.2) is 12.3 Å². The van der Waals surface area contributed by atoms with Gasteiger partial charge in [-0.2, -0.15) is 0 Å².